The van der Waals surface area contributed by atoms with Gasteiger partial charge >= 0.3 is 0 Å². The van der Waals surface area contributed by atoms with E-state index in [1.165, 1.54) is 11.8 Å². The minimum atomic E-state index is -0.631. The molecule has 3 amide bonds. The Kier molecular flexibility index (Phi) is 9.12. The van der Waals surface area contributed by atoms with E-state index in [4.69, 9.17) is 9.73 Å². The Morgan fingerprint density at radius 2 is 1.77 bits per heavy atom. The Morgan fingerprint density at radius 3 is 2.55 bits per heavy atom. The molecule has 40 heavy (non-hydrogen) atoms. The van der Waals surface area contributed by atoms with Gasteiger partial charge in [-0.2, -0.15) is 4.99 Å². The maximum atomic E-state index is 13.1. The molecule has 0 aliphatic carbocycles. The molecule has 3 aliphatic heterocycles. The van der Waals surface area contributed by atoms with Gasteiger partial charge in [0.05, 0.1) is 11.4 Å². The standard InChI is InChI=1S/C29H34N6O4S/c1-39-19-7-14-30-25(36)20-40-29-31-23-11-6-5-10-22(23)27-32-28(38)24(35(27)29)12-13-26(37)34-17-15-33(16-18-34)21-8-3-2-4-9-21/h2-6,8-11,24H,7,12-20H2,1H3,(H,30,36). The first kappa shape index (κ1) is 27.9. The van der Waals surface area contributed by atoms with Gasteiger partial charge in [0.25, 0.3) is 5.91 Å². The number of methoxy groups -OCH3 is 1. The molecule has 2 aromatic rings. The predicted octanol–water partition coefficient (Wildman–Crippen LogP) is 2.66. The van der Waals surface area contributed by atoms with Gasteiger partial charge < -0.3 is 19.9 Å². The summed E-state index contributed by atoms with van der Waals surface area (Å²) in [6, 6.07) is 17.1. The van der Waals surface area contributed by atoms with Crippen molar-refractivity contribution >= 4 is 51.9 Å². The highest BCUT2D eigenvalue weighted by molar-refractivity contribution is 8.14. The molecule has 1 N–H and O–H groups in total. The van der Waals surface area contributed by atoms with Gasteiger partial charge in [-0.05, 0) is 37.1 Å². The van der Waals surface area contributed by atoms with Crippen LogP contribution in [0.3, 0.4) is 0 Å². The van der Waals surface area contributed by atoms with E-state index >= 15 is 0 Å². The SMILES string of the molecule is COCCCNC(=O)CSC1=Nc2ccccc2C2=NC(=O)C(CCC(=O)N3CCN(c4ccccc4)CC3)N12. The molecule has 3 heterocycles. The Morgan fingerprint density at radius 1 is 1.02 bits per heavy atom. The molecule has 0 bridgehead atoms. The van der Waals surface area contributed by atoms with Crippen LogP contribution in [0, 0.1) is 0 Å². The second kappa shape index (κ2) is 13.1. The van der Waals surface area contributed by atoms with Crippen LogP contribution in [0.5, 0.6) is 0 Å². The number of benzene rings is 2. The van der Waals surface area contributed by atoms with Gasteiger partial charge in [0.1, 0.15) is 11.9 Å². The van der Waals surface area contributed by atoms with E-state index in [2.05, 4.69) is 27.3 Å². The molecule has 210 valence electrons. The van der Waals surface area contributed by atoms with Crippen LogP contribution in [0.25, 0.3) is 0 Å². The highest BCUT2D eigenvalue weighted by Gasteiger charge is 2.42. The number of hydrogen-bond donors (Lipinski definition) is 1. The molecule has 1 unspecified atom stereocenters. The summed E-state index contributed by atoms with van der Waals surface area (Å²) in [5.41, 5.74) is 2.64. The molecular weight excluding hydrogens is 528 g/mol. The number of amidine groups is 2. The first-order valence-electron chi connectivity index (χ1n) is 13.6. The van der Waals surface area contributed by atoms with Gasteiger partial charge in [0.2, 0.25) is 11.8 Å². The summed E-state index contributed by atoms with van der Waals surface area (Å²) in [5.74, 6) is 0.322. The lowest BCUT2D eigenvalue weighted by atomic mass is 10.1. The van der Waals surface area contributed by atoms with Crippen LogP contribution >= 0.6 is 11.8 Å². The Labute approximate surface area is 238 Å². The fourth-order valence-corrected chi connectivity index (χ4v) is 5.95. The first-order valence-corrected chi connectivity index (χ1v) is 14.6. The van der Waals surface area contributed by atoms with Crippen LogP contribution in [0.15, 0.2) is 64.6 Å². The van der Waals surface area contributed by atoms with Crippen molar-refractivity contribution in [2.75, 3.05) is 57.1 Å². The summed E-state index contributed by atoms with van der Waals surface area (Å²) in [6.07, 6.45) is 1.30. The van der Waals surface area contributed by atoms with Crippen molar-refractivity contribution in [3.63, 3.8) is 0 Å². The van der Waals surface area contributed by atoms with E-state index in [1.807, 2.05) is 52.3 Å². The monoisotopic (exact) mass is 562 g/mol. The predicted molar refractivity (Wildman–Crippen MR) is 157 cm³/mol. The number of ether oxygens (including phenoxy) is 1. The van der Waals surface area contributed by atoms with E-state index in [0.29, 0.717) is 49.4 Å². The minimum absolute atomic E-state index is 0.0351. The fraction of sp³-hybridized carbons (Fsp3) is 0.414. The smallest absolute Gasteiger partial charge is 0.270 e. The van der Waals surface area contributed by atoms with Gasteiger partial charge in [-0.3, -0.25) is 19.3 Å². The third-order valence-electron chi connectivity index (χ3n) is 7.17. The van der Waals surface area contributed by atoms with Crippen molar-refractivity contribution in [1.29, 1.82) is 0 Å². The summed E-state index contributed by atoms with van der Waals surface area (Å²) >= 11 is 1.27. The number of para-hydroxylation sites is 2. The largest absolute Gasteiger partial charge is 0.385 e. The molecule has 3 aliphatic rings. The maximum Gasteiger partial charge on any atom is 0.270 e. The number of hydrogen-bond acceptors (Lipinski definition) is 8. The molecule has 1 saturated heterocycles. The number of fused-ring (bicyclic) bond motifs is 3. The number of nitrogens with zero attached hydrogens (tertiary/aromatic N) is 5. The molecule has 2 aromatic carbocycles. The Balaban J connectivity index is 1.21. The van der Waals surface area contributed by atoms with Crippen molar-refractivity contribution in [1.82, 2.24) is 15.1 Å². The van der Waals surface area contributed by atoms with E-state index in [-0.39, 0.29) is 29.9 Å². The number of piperazine rings is 1. The number of amides is 3. The molecule has 5 rings (SSSR count). The summed E-state index contributed by atoms with van der Waals surface area (Å²) < 4.78 is 5.03. The highest BCUT2D eigenvalue weighted by Crippen LogP contribution is 2.35. The number of carbonyl (C=O) groups excluding carboxylic acids is 3. The number of nitrogens with one attached hydrogen (secondary N) is 1. The fourth-order valence-electron chi connectivity index (χ4n) is 5.07. The average molecular weight is 563 g/mol. The van der Waals surface area contributed by atoms with Crippen molar-refractivity contribution in [3.8, 4) is 0 Å². The zero-order valence-electron chi connectivity index (χ0n) is 22.6. The van der Waals surface area contributed by atoms with E-state index in [1.54, 1.807) is 7.11 Å². The van der Waals surface area contributed by atoms with Crippen LogP contribution in [-0.2, 0) is 19.1 Å². The molecule has 1 atom stereocenters. The van der Waals surface area contributed by atoms with Crippen molar-refractivity contribution in [3.05, 3.63) is 60.2 Å². The van der Waals surface area contributed by atoms with Crippen LogP contribution in [0.1, 0.15) is 24.8 Å². The molecule has 0 radical (unpaired) electrons. The summed E-state index contributed by atoms with van der Waals surface area (Å²) in [6.45, 7) is 3.95. The lowest BCUT2D eigenvalue weighted by Crippen LogP contribution is -2.49. The lowest BCUT2D eigenvalue weighted by molar-refractivity contribution is -0.132. The third-order valence-corrected chi connectivity index (χ3v) is 8.13. The van der Waals surface area contributed by atoms with Crippen molar-refractivity contribution < 1.29 is 19.1 Å². The summed E-state index contributed by atoms with van der Waals surface area (Å²) in [7, 11) is 1.63. The van der Waals surface area contributed by atoms with Gasteiger partial charge in [-0.25, -0.2) is 4.99 Å². The van der Waals surface area contributed by atoms with Gasteiger partial charge in [0, 0.05) is 64.1 Å². The van der Waals surface area contributed by atoms with Crippen LogP contribution in [0.2, 0.25) is 0 Å². The maximum absolute atomic E-state index is 13.1. The normalized spacial score (nSPS) is 18.2. The van der Waals surface area contributed by atoms with Gasteiger partial charge in [-0.15, -0.1) is 0 Å². The molecular formula is C29H34N6O4S. The minimum Gasteiger partial charge on any atom is -0.385 e. The van der Waals surface area contributed by atoms with Crippen molar-refractivity contribution in [2.45, 2.75) is 25.3 Å². The molecule has 0 aromatic heterocycles. The zero-order chi connectivity index (χ0) is 27.9. The second-order valence-electron chi connectivity index (χ2n) is 9.80. The lowest BCUT2D eigenvalue weighted by Gasteiger charge is -2.36. The first-order chi connectivity index (χ1) is 19.5. The molecule has 10 nitrogen and oxygen atoms in total. The van der Waals surface area contributed by atoms with E-state index in [9.17, 15) is 14.4 Å². The summed E-state index contributed by atoms with van der Waals surface area (Å²) in [4.78, 5) is 53.8. The molecule has 1 fully saturated rings. The Hall–Kier alpha value is -3.70. The zero-order valence-corrected chi connectivity index (χ0v) is 23.4. The quantitative estimate of drug-likeness (QED) is 0.444. The number of carbonyl (C=O) groups is 3. The number of anilines is 1. The summed E-state index contributed by atoms with van der Waals surface area (Å²) in [5, 5.41) is 3.43. The van der Waals surface area contributed by atoms with Crippen LogP contribution in [-0.4, -0.2) is 96.8 Å². The van der Waals surface area contributed by atoms with E-state index in [0.717, 1.165) is 30.8 Å². The van der Waals surface area contributed by atoms with Gasteiger partial charge in [-0.1, -0.05) is 42.1 Å². The van der Waals surface area contributed by atoms with Crippen LogP contribution < -0.4 is 10.2 Å². The molecule has 0 saturated carbocycles. The highest BCUT2D eigenvalue weighted by atomic mass is 32.2. The second-order valence-corrected chi connectivity index (χ2v) is 10.7. The number of aliphatic imine (C=N–C) groups is 2. The van der Waals surface area contributed by atoms with Crippen molar-refractivity contribution in [2.24, 2.45) is 9.98 Å². The number of thioether (sulfide) groups is 1. The van der Waals surface area contributed by atoms with E-state index < -0.39 is 6.04 Å². The third kappa shape index (κ3) is 6.37. The van der Waals surface area contributed by atoms with Gasteiger partial charge in [0.15, 0.2) is 5.17 Å². The molecule has 0 spiro atoms. The number of rotatable bonds is 10. The molecule has 11 heteroatoms. The Bertz CT molecular complexity index is 1290. The topological polar surface area (TPSA) is 107 Å². The van der Waals surface area contributed by atoms with Crippen LogP contribution in [0.4, 0.5) is 11.4 Å². The average Bonchev–Trinajstić information content (AvgIpc) is 3.33.